The summed E-state index contributed by atoms with van der Waals surface area (Å²) in [7, 11) is 0. The molecule has 28 heavy (non-hydrogen) atoms. The van der Waals surface area contributed by atoms with Crippen LogP contribution in [0.5, 0.6) is 0 Å². The van der Waals surface area contributed by atoms with E-state index in [9.17, 15) is 0 Å². The average molecular weight is 495 g/mol. The number of hydrogen-bond acceptors (Lipinski definition) is 3. The van der Waals surface area contributed by atoms with Gasteiger partial charge in [-0.15, -0.1) is 24.0 Å². The quantitative estimate of drug-likeness (QED) is 0.375. The first kappa shape index (κ1) is 21.2. The van der Waals surface area contributed by atoms with E-state index in [1.165, 1.54) is 12.0 Å². The molecule has 0 saturated carbocycles. The van der Waals surface area contributed by atoms with Crippen molar-refractivity contribution in [2.45, 2.75) is 25.2 Å². The Hall–Kier alpha value is -1.54. The Balaban J connectivity index is 0.00000225. The van der Waals surface area contributed by atoms with Crippen molar-refractivity contribution in [2.24, 2.45) is 10.9 Å². The highest BCUT2D eigenvalue weighted by Gasteiger charge is 2.26. The van der Waals surface area contributed by atoms with Gasteiger partial charge < -0.3 is 19.4 Å². The Morgan fingerprint density at radius 1 is 1.14 bits per heavy atom. The van der Waals surface area contributed by atoms with Gasteiger partial charge in [-0.2, -0.15) is 0 Å². The van der Waals surface area contributed by atoms with Crippen LogP contribution in [0.2, 0.25) is 0 Å². The molecule has 0 bridgehead atoms. The number of hydrogen-bond donors (Lipinski definition) is 1. The third kappa shape index (κ3) is 5.73. The molecule has 0 amide bonds. The molecule has 2 atom stereocenters. The molecule has 0 aliphatic carbocycles. The summed E-state index contributed by atoms with van der Waals surface area (Å²) in [4.78, 5) is 7.37. The molecule has 2 saturated heterocycles. The lowest BCUT2D eigenvalue weighted by Gasteiger charge is -2.23. The molecule has 0 spiro atoms. The molecular weight excluding hydrogens is 465 g/mol. The van der Waals surface area contributed by atoms with Gasteiger partial charge in [-0.3, -0.25) is 4.99 Å². The summed E-state index contributed by atoms with van der Waals surface area (Å²) in [6.45, 7) is 5.47. The summed E-state index contributed by atoms with van der Waals surface area (Å²) < 4.78 is 11.0. The van der Waals surface area contributed by atoms with Crippen molar-refractivity contribution < 1.29 is 9.15 Å². The van der Waals surface area contributed by atoms with Crippen LogP contribution in [-0.2, 0) is 11.2 Å². The zero-order valence-electron chi connectivity index (χ0n) is 16.3. The van der Waals surface area contributed by atoms with Gasteiger partial charge in [0, 0.05) is 51.0 Å². The number of nitrogens with one attached hydrogen (secondary N) is 1. The van der Waals surface area contributed by atoms with E-state index in [4.69, 9.17) is 14.1 Å². The number of guanidine groups is 1. The summed E-state index contributed by atoms with van der Waals surface area (Å²) >= 11 is 0. The fourth-order valence-electron chi connectivity index (χ4n) is 3.91. The zero-order chi connectivity index (χ0) is 18.3. The van der Waals surface area contributed by atoms with Gasteiger partial charge in [0.2, 0.25) is 0 Å². The Bertz CT molecular complexity index is 715. The van der Waals surface area contributed by atoms with Crippen molar-refractivity contribution in [1.29, 1.82) is 0 Å². The Morgan fingerprint density at radius 3 is 2.79 bits per heavy atom. The van der Waals surface area contributed by atoms with Crippen molar-refractivity contribution in [3.05, 3.63) is 60.1 Å². The molecule has 0 radical (unpaired) electrons. The second-order valence-corrected chi connectivity index (χ2v) is 7.49. The van der Waals surface area contributed by atoms with Crippen LogP contribution < -0.4 is 5.32 Å². The minimum atomic E-state index is 0. The van der Waals surface area contributed by atoms with Gasteiger partial charge in [0.15, 0.2) is 5.96 Å². The van der Waals surface area contributed by atoms with Crippen LogP contribution in [0.3, 0.4) is 0 Å². The van der Waals surface area contributed by atoms with E-state index in [0.29, 0.717) is 11.8 Å². The van der Waals surface area contributed by atoms with Gasteiger partial charge in [-0.1, -0.05) is 30.3 Å². The molecule has 4 rings (SSSR count). The molecule has 1 N–H and O–H groups in total. The molecule has 6 heteroatoms. The molecule has 2 aliphatic rings. The van der Waals surface area contributed by atoms with Crippen molar-refractivity contribution in [3.8, 4) is 0 Å². The maximum atomic E-state index is 5.50. The predicted octanol–water partition coefficient (Wildman–Crippen LogP) is 3.91. The van der Waals surface area contributed by atoms with Crippen LogP contribution in [0.4, 0.5) is 0 Å². The number of ether oxygens (including phenoxy) is 1. The van der Waals surface area contributed by atoms with Crippen LogP contribution in [0.25, 0.3) is 0 Å². The van der Waals surface area contributed by atoms with Gasteiger partial charge in [0.25, 0.3) is 0 Å². The summed E-state index contributed by atoms with van der Waals surface area (Å²) in [5.74, 6) is 3.18. The highest BCUT2D eigenvalue weighted by atomic mass is 127. The van der Waals surface area contributed by atoms with E-state index in [0.717, 1.165) is 64.0 Å². The first-order chi connectivity index (χ1) is 13.4. The summed E-state index contributed by atoms with van der Waals surface area (Å²) in [6, 6.07) is 14.8. The molecule has 152 valence electrons. The third-order valence-corrected chi connectivity index (χ3v) is 5.52. The second-order valence-electron chi connectivity index (χ2n) is 7.49. The standard InChI is InChI=1S/C22H29N3O2.HI/c1-2-5-19(6-3-1)20-9-12-25(16-20)22(24-15-18-10-14-26-17-18)23-11-8-21-7-4-13-27-21;/h1-7,13,18,20H,8-12,14-17H2,(H,23,24);1H. The number of halogens is 1. The maximum absolute atomic E-state index is 5.50. The van der Waals surface area contributed by atoms with Gasteiger partial charge >= 0.3 is 0 Å². The minimum absolute atomic E-state index is 0. The highest BCUT2D eigenvalue weighted by molar-refractivity contribution is 14.0. The van der Waals surface area contributed by atoms with Crippen molar-refractivity contribution >= 4 is 29.9 Å². The monoisotopic (exact) mass is 495 g/mol. The Morgan fingerprint density at radius 2 is 2.04 bits per heavy atom. The number of aliphatic imine (C=N–C) groups is 1. The summed E-state index contributed by atoms with van der Waals surface area (Å²) in [5, 5.41) is 3.57. The average Bonchev–Trinajstić information content (AvgIpc) is 3.48. The second kappa shape index (κ2) is 10.9. The van der Waals surface area contributed by atoms with E-state index in [2.05, 4.69) is 40.5 Å². The number of likely N-dealkylation sites (tertiary alicyclic amines) is 1. The van der Waals surface area contributed by atoms with Crippen molar-refractivity contribution in [1.82, 2.24) is 10.2 Å². The fourth-order valence-corrected chi connectivity index (χ4v) is 3.91. The number of benzene rings is 1. The maximum Gasteiger partial charge on any atom is 0.193 e. The zero-order valence-corrected chi connectivity index (χ0v) is 18.6. The number of furan rings is 1. The van der Waals surface area contributed by atoms with E-state index in [1.54, 1.807) is 6.26 Å². The van der Waals surface area contributed by atoms with Gasteiger partial charge in [-0.05, 0) is 30.5 Å². The van der Waals surface area contributed by atoms with Gasteiger partial charge in [0.05, 0.1) is 12.9 Å². The van der Waals surface area contributed by atoms with Crippen LogP contribution >= 0.6 is 24.0 Å². The molecular formula is C22H30IN3O2. The van der Waals surface area contributed by atoms with E-state index >= 15 is 0 Å². The molecule has 3 heterocycles. The van der Waals surface area contributed by atoms with E-state index in [1.807, 2.05) is 12.1 Å². The lowest BCUT2D eigenvalue weighted by atomic mass is 9.99. The van der Waals surface area contributed by atoms with Crippen LogP contribution in [0.1, 0.15) is 30.1 Å². The first-order valence-corrected chi connectivity index (χ1v) is 10.1. The number of nitrogens with zero attached hydrogens (tertiary/aromatic N) is 2. The van der Waals surface area contributed by atoms with Crippen LogP contribution in [0.15, 0.2) is 58.1 Å². The Labute approximate surface area is 184 Å². The minimum Gasteiger partial charge on any atom is -0.469 e. The van der Waals surface area contributed by atoms with Crippen molar-refractivity contribution in [2.75, 3.05) is 39.4 Å². The normalized spacial score (nSPS) is 22.3. The van der Waals surface area contributed by atoms with Gasteiger partial charge in [-0.25, -0.2) is 0 Å². The predicted molar refractivity (Wildman–Crippen MR) is 122 cm³/mol. The molecule has 2 aromatic rings. The SMILES string of the molecule is I.c1ccc(C2CCN(C(=NCC3CCOC3)NCCc3ccco3)C2)cc1. The third-order valence-electron chi connectivity index (χ3n) is 5.52. The van der Waals surface area contributed by atoms with E-state index in [-0.39, 0.29) is 24.0 Å². The lowest BCUT2D eigenvalue weighted by Crippen LogP contribution is -2.41. The van der Waals surface area contributed by atoms with Gasteiger partial charge in [0.1, 0.15) is 5.76 Å². The van der Waals surface area contributed by atoms with Crippen molar-refractivity contribution in [3.63, 3.8) is 0 Å². The van der Waals surface area contributed by atoms with Crippen LogP contribution in [-0.4, -0.2) is 50.3 Å². The van der Waals surface area contributed by atoms with Crippen LogP contribution in [0, 0.1) is 5.92 Å². The largest absolute Gasteiger partial charge is 0.469 e. The molecule has 1 aromatic carbocycles. The summed E-state index contributed by atoms with van der Waals surface area (Å²) in [6.07, 6.45) is 4.90. The smallest absolute Gasteiger partial charge is 0.193 e. The molecule has 1 aromatic heterocycles. The molecule has 5 nitrogen and oxygen atoms in total. The first-order valence-electron chi connectivity index (χ1n) is 10.1. The highest BCUT2D eigenvalue weighted by Crippen LogP contribution is 2.27. The lowest BCUT2D eigenvalue weighted by molar-refractivity contribution is 0.187. The topological polar surface area (TPSA) is 50.0 Å². The van der Waals surface area contributed by atoms with E-state index < -0.39 is 0 Å². The molecule has 2 aliphatic heterocycles. The molecule has 2 fully saturated rings. The fraction of sp³-hybridized carbons (Fsp3) is 0.500. The Kier molecular flexibility index (Phi) is 8.21. The number of rotatable bonds is 6. The molecule has 2 unspecified atom stereocenters. The summed E-state index contributed by atoms with van der Waals surface area (Å²) in [5.41, 5.74) is 1.43.